The van der Waals surface area contributed by atoms with E-state index in [0.29, 0.717) is 0 Å². The molecule has 2 aliphatic rings. The monoisotopic (exact) mass is 710 g/mol. The molecule has 2 aromatic carbocycles. The van der Waals surface area contributed by atoms with Gasteiger partial charge < -0.3 is 42.9 Å². The van der Waals surface area contributed by atoms with E-state index in [-0.39, 0.29) is 55.2 Å². The molecule has 0 spiro atoms. The van der Waals surface area contributed by atoms with E-state index in [2.05, 4.69) is 13.8 Å². The van der Waals surface area contributed by atoms with E-state index >= 15 is 0 Å². The highest BCUT2D eigenvalue weighted by molar-refractivity contribution is 5.33. The van der Waals surface area contributed by atoms with Gasteiger partial charge in [0.05, 0.1) is 49.1 Å². The lowest BCUT2D eigenvalue weighted by Gasteiger charge is -2.45. The van der Waals surface area contributed by atoms with Gasteiger partial charge in [-0.05, 0) is 87.5 Å². The predicted molar refractivity (Wildman–Crippen MR) is 159 cm³/mol. The number of non-ortho nitro benzene ring substituents is 2. The summed E-state index contributed by atoms with van der Waals surface area (Å²) < 4.78 is 2.24. The Labute approximate surface area is 272 Å². The molecule has 2 saturated heterocycles. The molecule has 2 heterocycles. The molecule has 0 saturated carbocycles. The van der Waals surface area contributed by atoms with Crippen LogP contribution in [0.2, 0.25) is 0 Å². The van der Waals surface area contributed by atoms with Gasteiger partial charge in [0.2, 0.25) is 0 Å². The quantitative estimate of drug-likeness (QED) is 0.178. The fraction of sp³-hybridized carbons (Fsp3) is 0.625. The van der Waals surface area contributed by atoms with Gasteiger partial charge in [0.25, 0.3) is 11.4 Å². The van der Waals surface area contributed by atoms with Crippen molar-refractivity contribution < 1.29 is 52.8 Å². The van der Waals surface area contributed by atoms with Crippen molar-refractivity contribution in [1.82, 2.24) is 0 Å². The molecule has 0 aromatic heterocycles. The second-order valence-electron chi connectivity index (χ2n) is 12.7. The van der Waals surface area contributed by atoms with Crippen LogP contribution in [0.1, 0.15) is 76.3 Å². The van der Waals surface area contributed by atoms with Crippen molar-refractivity contribution >= 4 is 11.4 Å². The number of benzene rings is 2. The molecule has 4 rings (SSSR count). The molecule has 0 N–H and O–H groups in total. The van der Waals surface area contributed by atoms with Gasteiger partial charge >= 0.3 is 0 Å². The molecule has 0 aliphatic carbocycles. The molecule has 10 heteroatoms. The van der Waals surface area contributed by atoms with Crippen LogP contribution < -0.4 is 34.0 Å². The summed E-state index contributed by atoms with van der Waals surface area (Å²) >= 11 is 0. The maximum atomic E-state index is 11.0. The van der Waals surface area contributed by atoms with Gasteiger partial charge in [-0.3, -0.25) is 20.2 Å². The van der Waals surface area contributed by atoms with Gasteiger partial charge in [0, 0.05) is 35.4 Å². The molecule has 2 aliphatic heterocycles. The Morgan fingerprint density at radius 1 is 0.619 bits per heavy atom. The number of hydrogen-bond acceptors (Lipinski definition) is 4. The lowest BCUT2D eigenvalue weighted by Crippen LogP contribution is -3.00. The average Bonchev–Trinajstić information content (AvgIpc) is 2.94. The zero-order chi connectivity index (χ0) is 28.6. The SMILES string of the molecule is CCC[N+]1(Cc2ccc([N+](=O)[O-])cc2)CCC(CCC2CC[N+](CCC)(Cc3ccc([N+](=O)[O-])cc3)CC2)CC1.[Br-].[Br-]. The van der Waals surface area contributed by atoms with Crippen LogP contribution >= 0.6 is 0 Å². The highest BCUT2D eigenvalue weighted by Crippen LogP contribution is 2.34. The van der Waals surface area contributed by atoms with Crippen LogP contribution in [-0.2, 0) is 13.1 Å². The molecule has 0 amide bonds. The molecule has 0 unspecified atom stereocenters. The van der Waals surface area contributed by atoms with E-state index in [4.69, 9.17) is 0 Å². The molecule has 234 valence electrons. The number of likely N-dealkylation sites (tertiary alicyclic amines) is 2. The maximum Gasteiger partial charge on any atom is 0.269 e. The van der Waals surface area contributed by atoms with Crippen molar-refractivity contribution in [2.24, 2.45) is 11.8 Å². The summed E-state index contributed by atoms with van der Waals surface area (Å²) in [7, 11) is 0. The second-order valence-corrected chi connectivity index (χ2v) is 12.7. The lowest BCUT2D eigenvalue weighted by atomic mass is 9.83. The summed E-state index contributed by atoms with van der Waals surface area (Å²) in [6, 6.07) is 14.4. The van der Waals surface area contributed by atoms with Crippen LogP contribution in [0.25, 0.3) is 0 Å². The summed E-state index contributed by atoms with van der Waals surface area (Å²) in [5.74, 6) is 1.63. The molecule has 2 aromatic rings. The first-order valence-electron chi connectivity index (χ1n) is 15.4. The second kappa shape index (κ2) is 16.8. The van der Waals surface area contributed by atoms with Gasteiger partial charge in [-0.2, -0.15) is 0 Å². The smallest absolute Gasteiger partial charge is 0.269 e. The van der Waals surface area contributed by atoms with Crippen molar-refractivity contribution in [3.8, 4) is 0 Å². The van der Waals surface area contributed by atoms with E-state index < -0.39 is 0 Å². The Bertz CT molecular complexity index is 1020. The Morgan fingerprint density at radius 2 is 0.929 bits per heavy atom. The van der Waals surface area contributed by atoms with Crippen LogP contribution in [-0.4, -0.2) is 58.1 Å². The van der Waals surface area contributed by atoms with Crippen LogP contribution in [0.5, 0.6) is 0 Å². The van der Waals surface area contributed by atoms with Crippen molar-refractivity contribution in [3.05, 3.63) is 79.9 Å². The van der Waals surface area contributed by atoms with Crippen molar-refractivity contribution in [2.75, 3.05) is 39.3 Å². The summed E-state index contributed by atoms with van der Waals surface area (Å²) in [4.78, 5) is 21.4. The minimum atomic E-state index is -0.320. The highest BCUT2D eigenvalue weighted by atomic mass is 79.9. The third-order valence-corrected chi connectivity index (χ3v) is 9.76. The maximum absolute atomic E-state index is 11.0. The first-order chi connectivity index (χ1) is 19.3. The number of hydrogen-bond donors (Lipinski definition) is 0. The number of piperidine rings is 2. The number of halogens is 2. The highest BCUT2D eigenvalue weighted by Gasteiger charge is 2.36. The standard InChI is InChI=1S/C32H48N4O4.2BrH/c1-3-19-35(25-29-7-11-31(12-8-29)33(37)38)21-15-27(16-22-35)5-6-28-17-23-36(20-4-2,24-18-28)26-30-9-13-32(14-10-30)34(39)40;;/h7-14,27-28H,3-6,15-26H2,1-2H3;2*1H/q+2;;/p-2. The third kappa shape index (κ3) is 9.82. The zero-order valence-corrected chi connectivity index (χ0v) is 28.4. The summed E-state index contributed by atoms with van der Waals surface area (Å²) in [6.07, 6.45) is 10.2. The van der Waals surface area contributed by atoms with Gasteiger partial charge in [0.15, 0.2) is 0 Å². The largest absolute Gasteiger partial charge is 1.00 e. The Balaban J connectivity index is 0.00000308. The molecular weight excluding hydrogens is 664 g/mol. The van der Waals surface area contributed by atoms with Gasteiger partial charge in [-0.1, -0.05) is 13.8 Å². The summed E-state index contributed by atoms with van der Waals surface area (Å²) in [5.41, 5.74) is 2.76. The Hall–Kier alpha value is -1.88. The number of nitrogens with zero attached hydrogens (tertiary/aromatic N) is 4. The molecule has 0 atom stereocenters. The number of quaternary nitrogens is 2. The lowest BCUT2D eigenvalue weighted by molar-refractivity contribution is -0.946. The Morgan fingerprint density at radius 3 is 1.19 bits per heavy atom. The molecule has 0 bridgehead atoms. The summed E-state index contributed by atoms with van der Waals surface area (Å²) in [5, 5.41) is 22.1. The molecule has 2 fully saturated rings. The van der Waals surface area contributed by atoms with E-state index in [9.17, 15) is 20.2 Å². The van der Waals surface area contributed by atoms with Crippen molar-refractivity contribution in [3.63, 3.8) is 0 Å². The first-order valence-corrected chi connectivity index (χ1v) is 15.4. The average molecular weight is 713 g/mol. The van der Waals surface area contributed by atoms with Gasteiger partial charge in [-0.25, -0.2) is 0 Å². The summed E-state index contributed by atoms with van der Waals surface area (Å²) in [6.45, 7) is 13.7. The number of nitro groups is 2. The van der Waals surface area contributed by atoms with Crippen LogP contribution in [0.3, 0.4) is 0 Å². The topological polar surface area (TPSA) is 86.3 Å². The van der Waals surface area contributed by atoms with Crippen LogP contribution in [0.4, 0.5) is 11.4 Å². The first kappa shape index (κ1) is 36.3. The van der Waals surface area contributed by atoms with E-state index in [1.807, 2.05) is 24.3 Å². The van der Waals surface area contributed by atoms with E-state index in [1.54, 1.807) is 24.3 Å². The molecule has 8 nitrogen and oxygen atoms in total. The molecule has 0 radical (unpaired) electrons. The fourth-order valence-electron chi connectivity index (χ4n) is 7.48. The van der Waals surface area contributed by atoms with Crippen LogP contribution in [0.15, 0.2) is 48.5 Å². The zero-order valence-electron chi connectivity index (χ0n) is 25.3. The van der Waals surface area contributed by atoms with E-state index in [0.717, 1.165) is 46.7 Å². The van der Waals surface area contributed by atoms with Crippen LogP contribution in [0, 0.1) is 32.1 Å². The number of nitro benzene ring substituents is 2. The van der Waals surface area contributed by atoms with Gasteiger partial charge in [0.1, 0.15) is 13.1 Å². The van der Waals surface area contributed by atoms with Gasteiger partial charge in [-0.15, -0.1) is 0 Å². The number of rotatable bonds is 13. The predicted octanol–water partition coefficient (Wildman–Crippen LogP) is 1.27. The molecular formula is C32H48Br2N4O4. The Kier molecular flexibility index (Phi) is 14.5. The van der Waals surface area contributed by atoms with E-state index in [1.165, 1.54) is 88.9 Å². The van der Waals surface area contributed by atoms with Crippen molar-refractivity contribution in [2.45, 2.75) is 78.3 Å². The normalized spacial score (nSPS) is 25.6. The third-order valence-electron chi connectivity index (χ3n) is 9.76. The minimum Gasteiger partial charge on any atom is -1.00 e. The fourth-order valence-corrected chi connectivity index (χ4v) is 7.48. The van der Waals surface area contributed by atoms with Crippen molar-refractivity contribution in [1.29, 1.82) is 0 Å². The molecule has 42 heavy (non-hydrogen) atoms. The minimum absolute atomic E-state index is 0.